The van der Waals surface area contributed by atoms with Crippen molar-refractivity contribution in [1.29, 1.82) is 0 Å². The van der Waals surface area contributed by atoms with Gasteiger partial charge in [0.25, 0.3) is 0 Å². The summed E-state index contributed by atoms with van der Waals surface area (Å²) in [5.74, 6) is 0.430. The Balaban J connectivity index is 1.52. The maximum absolute atomic E-state index is 13.4. The minimum atomic E-state index is -0.346. The van der Waals surface area contributed by atoms with Crippen LogP contribution in [0.2, 0.25) is 5.02 Å². The van der Waals surface area contributed by atoms with E-state index in [1.807, 2.05) is 12.1 Å². The average Bonchev–Trinajstić information content (AvgIpc) is 3.31. The molecule has 0 unspecified atom stereocenters. The van der Waals surface area contributed by atoms with Crippen LogP contribution in [-0.4, -0.2) is 27.5 Å². The quantitative estimate of drug-likeness (QED) is 0.666. The molecule has 2 heterocycles. The van der Waals surface area contributed by atoms with E-state index in [0.717, 1.165) is 18.4 Å². The Kier molecular flexibility index (Phi) is 4.90. The fraction of sp³-hybridized carbons (Fsp3) is 0.250. The third-order valence-electron chi connectivity index (χ3n) is 4.63. The van der Waals surface area contributed by atoms with Gasteiger partial charge in [0.1, 0.15) is 11.9 Å². The Bertz CT molecular complexity index is 975. The number of aromatic nitrogens is 2. The van der Waals surface area contributed by atoms with Crippen LogP contribution < -0.4 is 0 Å². The molecule has 0 radical (unpaired) electrons. The molecule has 1 aromatic heterocycles. The number of hydrogen-bond donors (Lipinski definition) is 0. The van der Waals surface area contributed by atoms with Crippen molar-refractivity contribution in [3.63, 3.8) is 0 Å². The number of likely N-dealkylation sites (tertiary alicyclic amines) is 1. The van der Waals surface area contributed by atoms with E-state index < -0.39 is 0 Å². The molecule has 1 amide bonds. The van der Waals surface area contributed by atoms with Crippen LogP contribution in [0.4, 0.5) is 4.39 Å². The molecule has 3 aromatic rings. The molecule has 1 fully saturated rings. The summed E-state index contributed by atoms with van der Waals surface area (Å²) in [5.41, 5.74) is 1.41. The summed E-state index contributed by atoms with van der Waals surface area (Å²) in [7, 11) is 0. The van der Waals surface area contributed by atoms with Crippen LogP contribution in [0, 0.1) is 5.82 Å². The average molecular weight is 386 g/mol. The number of hydrogen-bond acceptors (Lipinski definition) is 4. The minimum Gasteiger partial charge on any atom is -0.337 e. The highest BCUT2D eigenvalue weighted by atomic mass is 35.5. The molecule has 7 heteroatoms. The molecular weight excluding hydrogens is 369 g/mol. The molecule has 0 bridgehead atoms. The van der Waals surface area contributed by atoms with Crippen LogP contribution in [-0.2, 0) is 11.2 Å². The van der Waals surface area contributed by atoms with Crippen molar-refractivity contribution in [2.75, 3.05) is 6.54 Å². The van der Waals surface area contributed by atoms with Gasteiger partial charge in [0.05, 0.1) is 6.42 Å². The lowest BCUT2D eigenvalue weighted by Gasteiger charge is -2.21. The first kappa shape index (κ1) is 17.7. The van der Waals surface area contributed by atoms with Crippen molar-refractivity contribution in [2.45, 2.75) is 25.3 Å². The number of halogens is 2. The molecule has 1 aliphatic rings. The second kappa shape index (κ2) is 7.48. The minimum absolute atomic E-state index is 0.0781. The van der Waals surface area contributed by atoms with Crippen molar-refractivity contribution in [1.82, 2.24) is 15.0 Å². The second-order valence-electron chi connectivity index (χ2n) is 6.52. The molecule has 0 saturated carbocycles. The van der Waals surface area contributed by atoms with E-state index in [1.165, 1.54) is 12.1 Å². The van der Waals surface area contributed by atoms with Gasteiger partial charge in [-0.3, -0.25) is 4.79 Å². The van der Waals surface area contributed by atoms with Crippen LogP contribution in [0.15, 0.2) is 53.1 Å². The predicted molar refractivity (Wildman–Crippen MR) is 98.5 cm³/mol. The van der Waals surface area contributed by atoms with Gasteiger partial charge in [-0.2, -0.15) is 4.98 Å². The van der Waals surface area contributed by atoms with Gasteiger partial charge < -0.3 is 9.42 Å². The summed E-state index contributed by atoms with van der Waals surface area (Å²) >= 11 is 6.02. The third-order valence-corrected chi connectivity index (χ3v) is 4.86. The molecule has 1 aliphatic heterocycles. The second-order valence-corrected chi connectivity index (χ2v) is 6.95. The van der Waals surface area contributed by atoms with Gasteiger partial charge in [-0.15, -0.1) is 0 Å². The Hall–Kier alpha value is -2.73. The SMILES string of the molecule is O=C(Cc1cccc(F)c1)N1CCC[C@@H]1c1nc(-c2cccc(Cl)c2)no1. The third kappa shape index (κ3) is 3.85. The molecule has 4 rings (SSSR count). The zero-order valence-electron chi connectivity index (χ0n) is 14.4. The summed E-state index contributed by atoms with van der Waals surface area (Å²) in [4.78, 5) is 18.9. The Morgan fingerprint density at radius 2 is 2.11 bits per heavy atom. The first-order chi connectivity index (χ1) is 13.1. The van der Waals surface area contributed by atoms with Gasteiger partial charge in [0, 0.05) is 17.1 Å². The summed E-state index contributed by atoms with van der Waals surface area (Å²) in [6.45, 7) is 0.619. The first-order valence-corrected chi connectivity index (χ1v) is 9.11. The van der Waals surface area contributed by atoms with Gasteiger partial charge in [-0.1, -0.05) is 41.0 Å². The first-order valence-electron chi connectivity index (χ1n) is 8.73. The molecule has 1 atom stereocenters. The summed E-state index contributed by atoms with van der Waals surface area (Å²) in [6, 6.07) is 13.0. The van der Waals surface area contributed by atoms with Gasteiger partial charge in [-0.25, -0.2) is 4.39 Å². The number of amides is 1. The summed E-state index contributed by atoms with van der Waals surface area (Å²) < 4.78 is 18.8. The largest absolute Gasteiger partial charge is 0.337 e. The zero-order chi connectivity index (χ0) is 18.8. The van der Waals surface area contributed by atoms with E-state index in [1.54, 1.807) is 29.2 Å². The van der Waals surface area contributed by atoms with Gasteiger partial charge in [0.2, 0.25) is 17.6 Å². The number of nitrogens with zero attached hydrogens (tertiary/aromatic N) is 3. The molecule has 0 aliphatic carbocycles. The van der Waals surface area contributed by atoms with E-state index in [2.05, 4.69) is 10.1 Å². The topological polar surface area (TPSA) is 59.2 Å². The number of carbonyl (C=O) groups is 1. The van der Waals surface area contributed by atoms with E-state index in [9.17, 15) is 9.18 Å². The predicted octanol–water partition coefficient (Wildman–Crippen LogP) is 4.44. The van der Waals surface area contributed by atoms with Crippen molar-refractivity contribution in [3.05, 3.63) is 70.8 Å². The molecule has 0 N–H and O–H groups in total. The highest BCUT2D eigenvalue weighted by molar-refractivity contribution is 6.30. The molecule has 27 heavy (non-hydrogen) atoms. The molecule has 138 valence electrons. The van der Waals surface area contributed by atoms with Crippen LogP contribution in [0.3, 0.4) is 0 Å². The van der Waals surface area contributed by atoms with E-state index >= 15 is 0 Å². The summed E-state index contributed by atoms with van der Waals surface area (Å²) in [6.07, 6.45) is 1.75. The maximum atomic E-state index is 13.4. The number of carbonyl (C=O) groups excluding carboxylic acids is 1. The number of benzene rings is 2. The fourth-order valence-electron chi connectivity index (χ4n) is 3.36. The lowest BCUT2D eigenvalue weighted by Crippen LogP contribution is -2.32. The maximum Gasteiger partial charge on any atom is 0.249 e. The van der Waals surface area contributed by atoms with Crippen LogP contribution in [0.5, 0.6) is 0 Å². The van der Waals surface area contributed by atoms with E-state index in [-0.39, 0.29) is 24.2 Å². The Morgan fingerprint density at radius 1 is 1.26 bits per heavy atom. The lowest BCUT2D eigenvalue weighted by atomic mass is 10.1. The lowest BCUT2D eigenvalue weighted by molar-refractivity contribution is -0.131. The van der Waals surface area contributed by atoms with Crippen molar-refractivity contribution >= 4 is 17.5 Å². The molecule has 0 spiro atoms. The fourth-order valence-corrected chi connectivity index (χ4v) is 3.55. The van der Waals surface area contributed by atoms with Crippen LogP contribution in [0.25, 0.3) is 11.4 Å². The molecule has 5 nitrogen and oxygen atoms in total. The van der Waals surface area contributed by atoms with Gasteiger partial charge >= 0.3 is 0 Å². The standard InChI is InChI=1S/C20H17ClFN3O2/c21-15-6-2-5-14(12-15)19-23-20(27-24-19)17-8-3-9-25(17)18(26)11-13-4-1-7-16(22)10-13/h1-2,4-7,10,12,17H,3,8-9,11H2/t17-/m1/s1. The monoisotopic (exact) mass is 385 g/mol. The van der Waals surface area contributed by atoms with Crippen LogP contribution >= 0.6 is 11.6 Å². The summed E-state index contributed by atoms with van der Waals surface area (Å²) in [5, 5.41) is 4.62. The highest BCUT2D eigenvalue weighted by Gasteiger charge is 2.34. The van der Waals surface area contributed by atoms with Gasteiger partial charge in [-0.05, 0) is 42.7 Å². The Morgan fingerprint density at radius 3 is 2.93 bits per heavy atom. The van der Waals surface area contributed by atoms with Crippen molar-refractivity contribution < 1.29 is 13.7 Å². The molecular formula is C20H17ClFN3O2. The highest BCUT2D eigenvalue weighted by Crippen LogP contribution is 2.32. The van der Waals surface area contributed by atoms with Crippen molar-refractivity contribution in [2.24, 2.45) is 0 Å². The van der Waals surface area contributed by atoms with E-state index in [4.69, 9.17) is 16.1 Å². The van der Waals surface area contributed by atoms with E-state index in [0.29, 0.717) is 28.8 Å². The van der Waals surface area contributed by atoms with Gasteiger partial charge in [0.15, 0.2) is 0 Å². The normalized spacial score (nSPS) is 16.7. The molecule has 2 aromatic carbocycles. The van der Waals surface area contributed by atoms with Crippen molar-refractivity contribution in [3.8, 4) is 11.4 Å². The smallest absolute Gasteiger partial charge is 0.249 e. The Labute approximate surface area is 160 Å². The van der Waals surface area contributed by atoms with Crippen LogP contribution in [0.1, 0.15) is 30.3 Å². The number of rotatable bonds is 4. The molecule has 1 saturated heterocycles. The zero-order valence-corrected chi connectivity index (χ0v) is 15.2.